The molecule has 4 aliphatic carbocycles. The Labute approximate surface area is 143 Å². The normalized spacial score (nSPS) is 37.1. The third kappa shape index (κ3) is 2.09. The van der Waals surface area contributed by atoms with Crippen LogP contribution in [0.1, 0.15) is 6.42 Å². The third-order valence-corrected chi connectivity index (χ3v) is 6.18. The molecule has 0 spiro atoms. The zero-order valence-electron chi connectivity index (χ0n) is 13.4. The van der Waals surface area contributed by atoms with Crippen molar-refractivity contribution in [1.82, 2.24) is 4.90 Å². The van der Waals surface area contributed by atoms with E-state index in [1.54, 1.807) is 0 Å². The maximum absolute atomic E-state index is 12.9. The molecule has 3 fully saturated rings. The number of imide groups is 1. The van der Waals surface area contributed by atoms with Gasteiger partial charge in [0.15, 0.2) is 0 Å². The molecule has 0 unspecified atom stereocenters. The fraction of sp³-hybridized carbons (Fsp3) is 0.421. The number of carbonyl (C=O) groups is 3. The Kier molecular flexibility index (Phi) is 2.96. The standard InChI is InChI=1S/C19H17FN2O3/c20-9-1-3-10(4-2-9)21-15(23)8-22-18(24)16-11-5-6-12(14-7-13(11)14)17(16)19(22)25/h1-6,11-14,16-17H,7-8H2,(H,21,23)/t11-,12-,13-,14+,16-,17+/m0/s1. The summed E-state index contributed by atoms with van der Waals surface area (Å²) in [6, 6.07) is 5.37. The Morgan fingerprint density at radius 2 is 1.60 bits per heavy atom. The molecule has 5 nitrogen and oxygen atoms in total. The van der Waals surface area contributed by atoms with Gasteiger partial charge < -0.3 is 5.32 Å². The number of likely N-dealkylation sites (tertiary alicyclic amines) is 1. The topological polar surface area (TPSA) is 66.5 Å². The molecule has 1 aromatic rings. The number of halogens is 1. The van der Waals surface area contributed by atoms with E-state index in [-0.39, 0.29) is 42.0 Å². The van der Waals surface area contributed by atoms with Crippen LogP contribution >= 0.6 is 0 Å². The number of hydrogen-bond donors (Lipinski definition) is 1. The molecule has 6 rings (SSSR count). The summed E-state index contributed by atoms with van der Waals surface area (Å²) in [6.07, 6.45) is 5.32. The van der Waals surface area contributed by atoms with Gasteiger partial charge in [0, 0.05) is 5.69 Å². The molecular formula is C19H17FN2O3. The second-order valence-corrected chi connectivity index (χ2v) is 7.47. The molecule has 6 heteroatoms. The molecule has 1 heterocycles. The maximum Gasteiger partial charge on any atom is 0.244 e. The average Bonchev–Trinajstić information content (AvgIpc) is 3.38. The lowest BCUT2D eigenvalue weighted by molar-refractivity contribution is -0.142. The van der Waals surface area contributed by atoms with Gasteiger partial charge in [0.2, 0.25) is 17.7 Å². The summed E-state index contributed by atoms with van der Waals surface area (Å²) in [4.78, 5) is 38.9. The second kappa shape index (κ2) is 5.00. The molecule has 1 N–H and O–H groups in total. The minimum absolute atomic E-state index is 0.154. The first-order valence-electron chi connectivity index (χ1n) is 8.63. The minimum atomic E-state index is -0.447. The first kappa shape index (κ1) is 14.8. The van der Waals surface area contributed by atoms with E-state index in [2.05, 4.69) is 17.5 Å². The van der Waals surface area contributed by atoms with E-state index >= 15 is 0 Å². The zero-order chi connectivity index (χ0) is 17.3. The van der Waals surface area contributed by atoms with E-state index in [0.29, 0.717) is 17.5 Å². The molecule has 0 radical (unpaired) electrons. The Hall–Kier alpha value is -2.50. The summed E-state index contributed by atoms with van der Waals surface area (Å²) in [5, 5.41) is 2.61. The first-order valence-corrected chi connectivity index (χ1v) is 8.63. The van der Waals surface area contributed by atoms with Gasteiger partial charge in [0.25, 0.3) is 0 Å². The number of nitrogens with one attached hydrogen (secondary N) is 1. The van der Waals surface area contributed by atoms with Crippen molar-refractivity contribution < 1.29 is 18.8 Å². The Morgan fingerprint density at radius 3 is 2.16 bits per heavy atom. The van der Waals surface area contributed by atoms with Crippen LogP contribution in [0, 0.1) is 41.3 Å². The highest BCUT2D eigenvalue weighted by atomic mass is 19.1. The van der Waals surface area contributed by atoms with E-state index in [4.69, 9.17) is 0 Å². The van der Waals surface area contributed by atoms with Gasteiger partial charge in [-0.1, -0.05) is 12.2 Å². The molecule has 0 aromatic heterocycles. The zero-order valence-corrected chi connectivity index (χ0v) is 13.4. The van der Waals surface area contributed by atoms with Gasteiger partial charge in [-0.25, -0.2) is 4.39 Å². The molecule has 1 aromatic carbocycles. The highest BCUT2D eigenvalue weighted by Crippen LogP contribution is 2.65. The summed E-state index contributed by atoms with van der Waals surface area (Å²) in [5.74, 6) is -0.450. The summed E-state index contributed by atoms with van der Waals surface area (Å²) >= 11 is 0. The van der Waals surface area contributed by atoms with Gasteiger partial charge in [-0.05, 0) is 54.4 Å². The molecule has 25 heavy (non-hydrogen) atoms. The first-order chi connectivity index (χ1) is 12.0. The van der Waals surface area contributed by atoms with Gasteiger partial charge in [-0.2, -0.15) is 0 Å². The number of anilines is 1. The fourth-order valence-electron chi connectivity index (χ4n) is 5.05. The SMILES string of the molecule is O=C(CN1C(=O)[C@@H]2[C@H]3C=C[C@@H]([C@@H]4C[C@H]34)[C@@H]2C1=O)Nc1ccc(F)cc1. The fourth-order valence-corrected chi connectivity index (χ4v) is 5.05. The van der Waals surface area contributed by atoms with Gasteiger partial charge in [0.05, 0.1) is 11.8 Å². The highest BCUT2D eigenvalue weighted by molar-refractivity contribution is 6.09. The van der Waals surface area contributed by atoms with Crippen molar-refractivity contribution in [2.24, 2.45) is 35.5 Å². The predicted octanol–water partition coefficient (Wildman–Crippen LogP) is 1.82. The third-order valence-electron chi connectivity index (χ3n) is 6.18. The van der Waals surface area contributed by atoms with E-state index in [1.165, 1.54) is 24.3 Å². The largest absolute Gasteiger partial charge is 0.325 e. The van der Waals surface area contributed by atoms with Gasteiger partial charge in [-0.3, -0.25) is 19.3 Å². The molecule has 6 atom stereocenters. The quantitative estimate of drug-likeness (QED) is 0.674. The van der Waals surface area contributed by atoms with Gasteiger partial charge in [0.1, 0.15) is 12.4 Å². The Balaban J connectivity index is 1.32. The number of benzene rings is 1. The lowest BCUT2D eigenvalue weighted by Crippen LogP contribution is -2.40. The Morgan fingerprint density at radius 1 is 1.04 bits per heavy atom. The van der Waals surface area contributed by atoms with Crippen molar-refractivity contribution >= 4 is 23.4 Å². The van der Waals surface area contributed by atoms with E-state index < -0.39 is 11.7 Å². The van der Waals surface area contributed by atoms with E-state index in [1.807, 2.05) is 0 Å². The molecule has 1 saturated heterocycles. The van der Waals surface area contributed by atoms with Crippen LogP contribution in [0.3, 0.4) is 0 Å². The molecule has 3 amide bonds. The van der Waals surface area contributed by atoms with E-state index in [0.717, 1.165) is 11.3 Å². The van der Waals surface area contributed by atoms with Crippen LogP contribution < -0.4 is 5.32 Å². The molecule has 5 aliphatic rings. The average molecular weight is 340 g/mol. The number of hydrogen-bond acceptors (Lipinski definition) is 3. The van der Waals surface area contributed by atoms with Crippen LogP contribution in [-0.4, -0.2) is 29.2 Å². The smallest absolute Gasteiger partial charge is 0.244 e. The van der Waals surface area contributed by atoms with Crippen molar-refractivity contribution in [3.8, 4) is 0 Å². The lowest BCUT2D eigenvalue weighted by atomic mass is 9.63. The second-order valence-electron chi connectivity index (χ2n) is 7.47. The van der Waals surface area contributed by atoms with Crippen LogP contribution in [0.4, 0.5) is 10.1 Å². The number of amides is 3. The van der Waals surface area contributed by atoms with Crippen molar-refractivity contribution in [2.75, 3.05) is 11.9 Å². The van der Waals surface area contributed by atoms with Gasteiger partial charge in [-0.15, -0.1) is 0 Å². The van der Waals surface area contributed by atoms with Crippen molar-refractivity contribution in [2.45, 2.75) is 6.42 Å². The van der Waals surface area contributed by atoms with Crippen LogP contribution in [0.5, 0.6) is 0 Å². The number of nitrogens with zero attached hydrogens (tertiary/aromatic N) is 1. The summed E-state index contributed by atoms with van der Waals surface area (Å²) < 4.78 is 12.9. The number of allylic oxidation sites excluding steroid dienone is 2. The van der Waals surface area contributed by atoms with Crippen molar-refractivity contribution in [1.29, 1.82) is 0 Å². The molecular weight excluding hydrogens is 323 g/mol. The van der Waals surface area contributed by atoms with Crippen LogP contribution in [-0.2, 0) is 14.4 Å². The minimum Gasteiger partial charge on any atom is -0.325 e. The van der Waals surface area contributed by atoms with Crippen molar-refractivity contribution in [3.05, 3.63) is 42.2 Å². The van der Waals surface area contributed by atoms with Crippen LogP contribution in [0.2, 0.25) is 0 Å². The summed E-state index contributed by atoms with van der Waals surface area (Å²) in [5.41, 5.74) is 0.436. The maximum atomic E-state index is 12.9. The Bertz CT molecular complexity index is 782. The van der Waals surface area contributed by atoms with Crippen molar-refractivity contribution in [3.63, 3.8) is 0 Å². The molecule has 128 valence electrons. The summed E-state index contributed by atoms with van der Waals surface area (Å²) in [7, 11) is 0. The number of carbonyl (C=O) groups excluding carboxylic acids is 3. The molecule has 2 saturated carbocycles. The molecule has 1 aliphatic heterocycles. The van der Waals surface area contributed by atoms with Crippen LogP contribution in [0.15, 0.2) is 36.4 Å². The van der Waals surface area contributed by atoms with E-state index in [9.17, 15) is 18.8 Å². The van der Waals surface area contributed by atoms with Crippen LogP contribution in [0.25, 0.3) is 0 Å². The molecule has 2 bridgehead atoms. The summed E-state index contributed by atoms with van der Waals surface area (Å²) in [6.45, 7) is -0.281. The van der Waals surface area contributed by atoms with Gasteiger partial charge >= 0.3 is 0 Å². The lowest BCUT2D eigenvalue weighted by Gasteiger charge is -2.37. The monoisotopic (exact) mass is 340 g/mol. The predicted molar refractivity (Wildman–Crippen MR) is 86.4 cm³/mol. The highest BCUT2D eigenvalue weighted by Gasteiger charge is 2.67. The number of rotatable bonds is 3.